The zero-order valence-corrected chi connectivity index (χ0v) is 14.3. The number of carbonyl (C=O) groups excluding carboxylic acids is 1. The van der Waals surface area contributed by atoms with Gasteiger partial charge in [-0.05, 0) is 38.0 Å². The molecule has 3 N–H and O–H groups in total. The van der Waals surface area contributed by atoms with Crippen molar-refractivity contribution in [1.82, 2.24) is 10.6 Å². The maximum atomic E-state index is 12.3. The van der Waals surface area contributed by atoms with Gasteiger partial charge in [0.15, 0.2) is 0 Å². The van der Waals surface area contributed by atoms with Crippen molar-refractivity contribution in [1.29, 1.82) is 0 Å². The molecule has 0 saturated carbocycles. The van der Waals surface area contributed by atoms with Crippen molar-refractivity contribution in [3.63, 3.8) is 0 Å². The summed E-state index contributed by atoms with van der Waals surface area (Å²) in [6.45, 7) is 2.51. The predicted octanol–water partition coefficient (Wildman–Crippen LogP) is 3.30. The van der Waals surface area contributed by atoms with Gasteiger partial charge in [0, 0.05) is 18.0 Å². The molecule has 0 saturated heterocycles. The minimum atomic E-state index is -0.739. The summed E-state index contributed by atoms with van der Waals surface area (Å²) in [5.41, 5.74) is 0.999. The molecule has 0 spiro atoms. The van der Waals surface area contributed by atoms with Crippen LogP contribution < -0.4 is 15.4 Å². The van der Waals surface area contributed by atoms with Gasteiger partial charge in [-0.25, -0.2) is 4.79 Å². The highest BCUT2D eigenvalue weighted by molar-refractivity contribution is 5.75. The maximum Gasteiger partial charge on any atom is 0.315 e. The highest BCUT2D eigenvalue weighted by Gasteiger charge is 2.22. The van der Waals surface area contributed by atoms with Crippen molar-refractivity contribution in [2.75, 3.05) is 6.61 Å². The van der Waals surface area contributed by atoms with Crippen LogP contribution in [0.15, 0.2) is 47.1 Å². The monoisotopic (exact) mass is 344 g/mol. The number of aliphatic hydroxyl groups is 1. The van der Waals surface area contributed by atoms with Crippen LogP contribution in [0.2, 0.25) is 0 Å². The van der Waals surface area contributed by atoms with Crippen molar-refractivity contribution in [2.24, 2.45) is 0 Å². The van der Waals surface area contributed by atoms with E-state index < -0.39 is 6.10 Å². The quantitative estimate of drug-likeness (QED) is 0.777. The maximum absolute atomic E-state index is 12.3. The minimum absolute atomic E-state index is 0.0825. The minimum Gasteiger partial charge on any atom is -0.493 e. The summed E-state index contributed by atoms with van der Waals surface area (Å²) in [6, 6.07) is 10.7. The molecular weight excluding hydrogens is 320 g/mol. The second kappa shape index (κ2) is 8.07. The normalized spacial score (nSPS) is 19.0. The molecule has 6 nitrogen and oxygen atoms in total. The Morgan fingerprint density at radius 2 is 2.16 bits per heavy atom. The molecule has 134 valence electrons. The molecule has 1 aliphatic rings. The van der Waals surface area contributed by atoms with Crippen molar-refractivity contribution in [2.45, 2.75) is 44.4 Å². The van der Waals surface area contributed by atoms with Crippen LogP contribution in [-0.4, -0.2) is 23.8 Å². The molecule has 1 aliphatic heterocycles. The highest BCUT2D eigenvalue weighted by atomic mass is 16.5. The Kier molecular flexibility index (Phi) is 5.60. The molecular formula is C19H24N2O4. The topological polar surface area (TPSA) is 83.7 Å². The van der Waals surface area contributed by atoms with Gasteiger partial charge >= 0.3 is 6.03 Å². The summed E-state index contributed by atoms with van der Waals surface area (Å²) in [7, 11) is 0. The number of rotatable bonds is 5. The summed E-state index contributed by atoms with van der Waals surface area (Å²) in [6.07, 6.45) is 2.87. The van der Waals surface area contributed by atoms with Gasteiger partial charge in [0.2, 0.25) is 0 Å². The molecule has 1 aromatic heterocycles. The second-order valence-electron chi connectivity index (χ2n) is 6.37. The molecule has 6 heteroatoms. The molecule has 2 heterocycles. The number of furan rings is 1. The molecule has 25 heavy (non-hydrogen) atoms. The molecule has 0 aliphatic carbocycles. The van der Waals surface area contributed by atoms with Gasteiger partial charge in [0.05, 0.1) is 18.9 Å². The van der Waals surface area contributed by atoms with Crippen molar-refractivity contribution in [3.8, 4) is 5.75 Å². The number of hydrogen-bond donors (Lipinski definition) is 3. The number of aliphatic hydroxyl groups excluding tert-OH is 1. The van der Waals surface area contributed by atoms with Gasteiger partial charge in [-0.2, -0.15) is 0 Å². The summed E-state index contributed by atoms with van der Waals surface area (Å²) < 4.78 is 10.9. The van der Waals surface area contributed by atoms with Crippen molar-refractivity contribution >= 4 is 6.03 Å². The summed E-state index contributed by atoms with van der Waals surface area (Å²) >= 11 is 0. The Morgan fingerprint density at radius 3 is 2.96 bits per heavy atom. The third kappa shape index (κ3) is 4.54. The fourth-order valence-corrected chi connectivity index (χ4v) is 3.09. The fourth-order valence-electron chi connectivity index (χ4n) is 3.09. The first-order chi connectivity index (χ1) is 12.1. The van der Waals surface area contributed by atoms with E-state index in [0.717, 1.165) is 24.2 Å². The molecule has 2 amide bonds. The molecule has 1 aromatic carbocycles. The van der Waals surface area contributed by atoms with E-state index in [1.807, 2.05) is 31.2 Å². The SMILES string of the molecule is C[C@H](C[C@H](O)c1ccco1)NC(=O)N[C@@H]1CCCOc2ccccc21. The number of benzene rings is 1. The van der Waals surface area contributed by atoms with Gasteiger partial charge in [-0.15, -0.1) is 0 Å². The molecule has 0 bridgehead atoms. The lowest BCUT2D eigenvalue weighted by atomic mass is 10.0. The van der Waals surface area contributed by atoms with E-state index in [2.05, 4.69) is 10.6 Å². The molecule has 2 aromatic rings. The second-order valence-corrected chi connectivity index (χ2v) is 6.37. The zero-order valence-electron chi connectivity index (χ0n) is 14.3. The van der Waals surface area contributed by atoms with Gasteiger partial charge in [-0.3, -0.25) is 0 Å². The number of urea groups is 1. The van der Waals surface area contributed by atoms with Crippen LogP contribution in [0.25, 0.3) is 0 Å². The first kappa shape index (κ1) is 17.4. The molecule has 3 rings (SSSR count). The van der Waals surface area contributed by atoms with E-state index in [4.69, 9.17) is 9.15 Å². The lowest BCUT2D eigenvalue weighted by Gasteiger charge is -2.21. The molecule has 0 unspecified atom stereocenters. The summed E-state index contributed by atoms with van der Waals surface area (Å²) in [4.78, 5) is 12.3. The van der Waals surface area contributed by atoms with Gasteiger partial charge in [0.1, 0.15) is 17.6 Å². The third-order valence-corrected chi connectivity index (χ3v) is 4.32. The number of carbonyl (C=O) groups is 1. The van der Waals surface area contributed by atoms with E-state index in [9.17, 15) is 9.90 Å². The van der Waals surface area contributed by atoms with Crippen molar-refractivity contribution in [3.05, 3.63) is 54.0 Å². The Bertz CT molecular complexity index is 686. The summed E-state index contributed by atoms with van der Waals surface area (Å²) in [5.74, 6) is 1.33. The Balaban J connectivity index is 1.55. The molecule has 0 radical (unpaired) electrons. The van der Waals surface area contributed by atoms with Crippen LogP contribution in [-0.2, 0) is 0 Å². The van der Waals surface area contributed by atoms with Gasteiger partial charge in [0.25, 0.3) is 0 Å². The van der Waals surface area contributed by atoms with E-state index in [-0.39, 0.29) is 18.1 Å². The fraction of sp³-hybridized carbons (Fsp3) is 0.421. The average molecular weight is 344 g/mol. The average Bonchev–Trinajstić information content (AvgIpc) is 3.05. The standard InChI is InChI=1S/C19H24N2O4/c1-13(12-16(22)18-9-5-11-25-18)20-19(23)21-15-7-4-10-24-17-8-3-2-6-14(15)17/h2-3,5-6,8-9,11,13,15-16,22H,4,7,10,12H2,1H3,(H2,20,21,23)/t13-,15-,16+/m1/s1. The lowest BCUT2D eigenvalue weighted by molar-refractivity contribution is 0.129. The Morgan fingerprint density at radius 1 is 1.32 bits per heavy atom. The van der Waals surface area contributed by atoms with Crippen LogP contribution >= 0.6 is 0 Å². The van der Waals surface area contributed by atoms with Crippen LogP contribution in [0, 0.1) is 0 Å². The number of amides is 2. The largest absolute Gasteiger partial charge is 0.493 e. The number of para-hydroxylation sites is 1. The number of hydrogen-bond acceptors (Lipinski definition) is 4. The molecule has 3 atom stereocenters. The van der Waals surface area contributed by atoms with E-state index in [1.165, 1.54) is 6.26 Å². The van der Waals surface area contributed by atoms with Crippen LogP contribution in [0.4, 0.5) is 4.79 Å². The van der Waals surface area contributed by atoms with Crippen molar-refractivity contribution < 1.29 is 19.1 Å². The Hall–Kier alpha value is -2.47. The number of ether oxygens (including phenoxy) is 1. The highest BCUT2D eigenvalue weighted by Crippen LogP contribution is 2.31. The van der Waals surface area contributed by atoms with Crippen LogP contribution in [0.3, 0.4) is 0 Å². The van der Waals surface area contributed by atoms with Gasteiger partial charge < -0.3 is 24.9 Å². The number of nitrogens with one attached hydrogen (secondary N) is 2. The number of fused-ring (bicyclic) bond motifs is 1. The summed E-state index contributed by atoms with van der Waals surface area (Å²) in [5, 5.41) is 16.0. The molecule has 0 fully saturated rings. The van der Waals surface area contributed by atoms with E-state index in [1.54, 1.807) is 12.1 Å². The lowest BCUT2D eigenvalue weighted by Crippen LogP contribution is -2.42. The third-order valence-electron chi connectivity index (χ3n) is 4.32. The van der Waals surface area contributed by atoms with Gasteiger partial charge in [-0.1, -0.05) is 18.2 Å². The van der Waals surface area contributed by atoms with Crippen LogP contribution in [0.1, 0.15) is 49.7 Å². The van der Waals surface area contributed by atoms with Crippen LogP contribution in [0.5, 0.6) is 5.75 Å². The first-order valence-electron chi connectivity index (χ1n) is 8.63. The Labute approximate surface area is 147 Å². The van der Waals surface area contributed by atoms with E-state index in [0.29, 0.717) is 18.8 Å². The predicted molar refractivity (Wildman–Crippen MR) is 93.3 cm³/mol. The smallest absolute Gasteiger partial charge is 0.315 e. The first-order valence-corrected chi connectivity index (χ1v) is 8.63. The van der Waals surface area contributed by atoms with E-state index >= 15 is 0 Å². The zero-order chi connectivity index (χ0) is 17.6.